The Morgan fingerprint density at radius 1 is 1.00 bits per heavy atom. The third-order valence-electron chi connectivity index (χ3n) is 5.89. The second-order valence-corrected chi connectivity index (χ2v) is 10.4. The highest BCUT2D eigenvalue weighted by Crippen LogP contribution is 2.33. The maximum Gasteiger partial charge on any atom is 0.340 e. The predicted molar refractivity (Wildman–Crippen MR) is 158 cm³/mol. The molecule has 3 aromatic carbocycles. The molecule has 0 unspecified atom stereocenters. The van der Waals surface area contributed by atoms with Crippen molar-refractivity contribution in [3.63, 3.8) is 0 Å². The summed E-state index contributed by atoms with van der Waals surface area (Å²) in [5.41, 5.74) is 3.17. The number of amides is 1. The Kier molecular flexibility index (Phi) is 8.93. The molecule has 1 N–H and O–H groups in total. The Hall–Kier alpha value is -4.12. The van der Waals surface area contributed by atoms with Crippen LogP contribution in [0.2, 0.25) is 10.0 Å². The molecule has 0 atom stereocenters. The van der Waals surface area contributed by atoms with Crippen molar-refractivity contribution in [3.05, 3.63) is 81.6 Å². The number of hydrogen-bond donors (Lipinski definition) is 1. The van der Waals surface area contributed by atoms with E-state index in [0.717, 1.165) is 5.56 Å². The van der Waals surface area contributed by atoms with Gasteiger partial charge in [-0.1, -0.05) is 67.2 Å². The minimum absolute atomic E-state index is 0.0102. The van der Waals surface area contributed by atoms with Crippen molar-refractivity contribution in [2.24, 2.45) is 0 Å². The summed E-state index contributed by atoms with van der Waals surface area (Å²) < 4.78 is 10.9. The lowest BCUT2D eigenvalue weighted by Crippen LogP contribution is -2.18. The van der Waals surface area contributed by atoms with Crippen LogP contribution in [-0.4, -0.2) is 34.6 Å². The smallest absolute Gasteiger partial charge is 0.340 e. The molecule has 4 rings (SSSR count). The topological polar surface area (TPSA) is 90.4 Å². The van der Waals surface area contributed by atoms with Gasteiger partial charge >= 0.3 is 5.97 Å². The number of nitrogens with zero attached hydrogens (tertiary/aromatic N) is 2. The van der Waals surface area contributed by atoms with Crippen molar-refractivity contribution in [2.75, 3.05) is 11.9 Å². The molecule has 0 saturated heterocycles. The van der Waals surface area contributed by atoms with E-state index >= 15 is 0 Å². The molecule has 1 heterocycles. The van der Waals surface area contributed by atoms with E-state index in [-0.39, 0.29) is 39.8 Å². The number of carbonyl (C=O) groups is 2. The van der Waals surface area contributed by atoms with Crippen LogP contribution in [0, 0.1) is 12.3 Å². The van der Waals surface area contributed by atoms with E-state index in [1.807, 2.05) is 24.3 Å². The number of esters is 1. The first-order chi connectivity index (χ1) is 19.1. The van der Waals surface area contributed by atoms with Crippen molar-refractivity contribution in [2.45, 2.75) is 39.7 Å². The van der Waals surface area contributed by atoms with Crippen molar-refractivity contribution in [3.8, 4) is 29.4 Å². The van der Waals surface area contributed by atoms with Crippen LogP contribution in [0.3, 0.4) is 0 Å². The maximum atomic E-state index is 13.4. The molecule has 7 nitrogen and oxygen atoms in total. The monoisotopic (exact) mass is 575 g/mol. The van der Waals surface area contributed by atoms with Gasteiger partial charge in [0.1, 0.15) is 12.4 Å². The quantitative estimate of drug-likeness (QED) is 0.172. The van der Waals surface area contributed by atoms with Gasteiger partial charge in [-0.3, -0.25) is 4.79 Å². The van der Waals surface area contributed by atoms with Gasteiger partial charge in [-0.05, 0) is 55.7 Å². The van der Waals surface area contributed by atoms with E-state index in [9.17, 15) is 9.59 Å². The molecule has 0 bridgehead atoms. The molecule has 1 aromatic heterocycles. The zero-order valence-electron chi connectivity index (χ0n) is 22.4. The second kappa shape index (κ2) is 12.4. The van der Waals surface area contributed by atoms with Gasteiger partial charge in [-0.2, -0.15) is 0 Å². The summed E-state index contributed by atoms with van der Waals surface area (Å²) in [6.07, 6.45) is 4.98. The summed E-state index contributed by atoms with van der Waals surface area (Å²) in [4.78, 5) is 35.0. The normalized spacial score (nSPS) is 11.0. The average Bonchev–Trinajstić information content (AvgIpc) is 2.92. The molecule has 0 aliphatic heterocycles. The van der Waals surface area contributed by atoms with Crippen molar-refractivity contribution in [1.82, 2.24) is 9.97 Å². The standard InChI is InChI=1S/C31H27Cl2N3O4/c1-6-13-39-22-11-12-25-23(16-22)28(20-9-7-19(8-10-20)17(2)3)36-29(34-25)30(37)35-26-15-21(32)14-24(27(26)33)31(38)40-18(4)5/h1,7-12,14-18H,13H2,2-5H3,(H,35,37). The van der Waals surface area contributed by atoms with E-state index in [0.29, 0.717) is 28.3 Å². The summed E-state index contributed by atoms with van der Waals surface area (Å²) in [6.45, 7) is 7.77. The number of ether oxygens (including phenoxy) is 2. The number of aromatic nitrogens is 2. The largest absolute Gasteiger partial charge is 0.481 e. The zero-order chi connectivity index (χ0) is 29.0. The summed E-state index contributed by atoms with van der Waals surface area (Å²) >= 11 is 12.7. The lowest BCUT2D eigenvalue weighted by Gasteiger charge is -2.14. The fourth-order valence-electron chi connectivity index (χ4n) is 3.95. The van der Waals surface area contributed by atoms with Crippen molar-refractivity contribution >= 4 is 51.7 Å². The number of nitrogens with one attached hydrogen (secondary N) is 1. The first-order valence-electron chi connectivity index (χ1n) is 12.6. The molecule has 0 radical (unpaired) electrons. The van der Waals surface area contributed by atoms with Crippen LogP contribution >= 0.6 is 23.2 Å². The lowest BCUT2D eigenvalue weighted by molar-refractivity contribution is 0.0378. The van der Waals surface area contributed by atoms with E-state index in [2.05, 4.69) is 35.1 Å². The van der Waals surface area contributed by atoms with Gasteiger partial charge in [0.25, 0.3) is 5.91 Å². The first kappa shape index (κ1) is 28.9. The van der Waals surface area contributed by atoms with Crippen LogP contribution in [-0.2, 0) is 4.74 Å². The van der Waals surface area contributed by atoms with Gasteiger partial charge in [-0.15, -0.1) is 6.42 Å². The highest BCUT2D eigenvalue weighted by Gasteiger charge is 2.21. The number of anilines is 1. The van der Waals surface area contributed by atoms with E-state index in [1.54, 1.807) is 32.0 Å². The predicted octanol–water partition coefficient (Wildman–Crippen LogP) is 7.56. The zero-order valence-corrected chi connectivity index (χ0v) is 23.9. The Morgan fingerprint density at radius 3 is 2.38 bits per heavy atom. The summed E-state index contributed by atoms with van der Waals surface area (Å²) in [5.74, 6) is 1.96. The Morgan fingerprint density at radius 2 is 1.73 bits per heavy atom. The third-order valence-corrected chi connectivity index (χ3v) is 6.52. The van der Waals surface area contributed by atoms with Gasteiger partial charge in [0, 0.05) is 16.0 Å². The van der Waals surface area contributed by atoms with Gasteiger partial charge in [0.05, 0.1) is 33.6 Å². The molecule has 9 heteroatoms. The number of hydrogen-bond acceptors (Lipinski definition) is 6. The minimum atomic E-state index is -0.657. The van der Waals surface area contributed by atoms with Crippen molar-refractivity contribution < 1.29 is 19.1 Å². The van der Waals surface area contributed by atoms with E-state index in [1.165, 1.54) is 17.7 Å². The molecule has 0 fully saturated rings. The molecule has 0 saturated carbocycles. The minimum Gasteiger partial charge on any atom is -0.481 e. The Bertz CT molecular complexity index is 1630. The van der Waals surface area contributed by atoms with Crippen LogP contribution in [0.5, 0.6) is 5.75 Å². The number of halogens is 2. The Labute approximate surface area is 242 Å². The SMILES string of the molecule is C#CCOc1ccc2nc(C(=O)Nc3cc(Cl)cc(C(=O)OC(C)C)c3Cl)nc(-c3ccc(C(C)C)cc3)c2c1. The molecule has 204 valence electrons. The Balaban J connectivity index is 1.77. The van der Waals surface area contributed by atoms with Gasteiger partial charge in [0.15, 0.2) is 0 Å². The fourth-order valence-corrected chi connectivity index (χ4v) is 4.41. The van der Waals surface area contributed by atoms with Gasteiger partial charge in [0.2, 0.25) is 5.82 Å². The summed E-state index contributed by atoms with van der Waals surface area (Å²) in [6, 6.07) is 16.0. The van der Waals surface area contributed by atoms with Crippen LogP contribution in [0.4, 0.5) is 5.69 Å². The molecule has 0 aliphatic rings. The number of benzene rings is 3. The first-order valence-corrected chi connectivity index (χ1v) is 13.3. The lowest BCUT2D eigenvalue weighted by atomic mass is 9.99. The highest BCUT2D eigenvalue weighted by atomic mass is 35.5. The number of fused-ring (bicyclic) bond motifs is 1. The summed E-state index contributed by atoms with van der Waals surface area (Å²) in [7, 11) is 0. The number of rotatable bonds is 8. The van der Waals surface area contributed by atoms with Crippen molar-refractivity contribution in [1.29, 1.82) is 0 Å². The number of carbonyl (C=O) groups excluding carboxylic acids is 2. The van der Waals surface area contributed by atoms with Crippen LogP contribution in [0.1, 0.15) is 60.2 Å². The molecule has 4 aromatic rings. The molecule has 0 aliphatic carbocycles. The van der Waals surface area contributed by atoms with E-state index < -0.39 is 11.9 Å². The maximum absolute atomic E-state index is 13.4. The molecular formula is C31H27Cl2N3O4. The number of terminal acetylenes is 1. The molecule has 40 heavy (non-hydrogen) atoms. The van der Waals surface area contributed by atoms with E-state index in [4.69, 9.17) is 39.1 Å². The van der Waals surface area contributed by atoms with Crippen LogP contribution in [0.15, 0.2) is 54.6 Å². The molecular weight excluding hydrogens is 549 g/mol. The highest BCUT2D eigenvalue weighted by molar-refractivity contribution is 6.38. The molecule has 1 amide bonds. The fraction of sp³-hybridized carbons (Fsp3) is 0.226. The summed E-state index contributed by atoms with van der Waals surface area (Å²) in [5, 5.41) is 3.56. The van der Waals surface area contributed by atoms with Gasteiger partial charge in [-0.25, -0.2) is 14.8 Å². The van der Waals surface area contributed by atoms with Crippen LogP contribution in [0.25, 0.3) is 22.2 Å². The van der Waals surface area contributed by atoms with Crippen LogP contribution < -0.4 is 10.1 Å². The second-order valence-electron chi connectivity index (χ2n) is 9.57. The third kappa shape index (κ3) is 6.53. The van der Waals surface area contributed by atoms with Gasteiger partial charge < -0.3 is 14.8 Å². The average molecular weight is 576 g/mol. The molecule has 0 spiro atoms.